The first-order chi connectivity index (χ1) is 10.8. The van der Waals surface area contributed by atoms with Crippen LogP contribution in [0.25, 0.3) is 5.69 Å². The Morgan fingerprint density at radius 3 is 2.48 bits per heavy atom. The molecule has 0 amide bonds. The fourth-order valence-corrected chi connectivity index (χ4v) is 4.98. The molecular weight excluding hydrogens is 310 g/mol. The van der Waals surface area contributed by atoms with Crippen molar-refractivity contribution >= 4 is 9.84 Å². The first-order valence-electron chi connectivity index (χ1n) is 7.87. The van der Waals surface area contributed by atoms with Gasteiger partial charge in [0.2, 0.25) is 0 Å². The highest BCUT2D eigenvalue weighted by atomic mass is 32.2. The second-order valence-electron chi connectivity index (χ2n) is 6.48. The molecule has 124 valence electrons. The molecule has 6 heteroatoms. The fraction of sp³-hybridized carbons (Fsp3) is 0.471. The third-order valence-electron chi connectivity index (χ3n) is 4.45. The van der Waals surface area contributed by atoms with Gasteiger partial charge in [0.1, 0.15) is 0 Å². The largest absolute Gasteiger partial charge is 0.298 e. The van der Waals surface area contributed by atoms with Crippen LogP contribution in [0, 0.1) is 13.8 Å². The monoisotopic (exact) mass is 333 g/mol. The number of nitrogens with zero attached hydrogens (tertiary/aromatic N) is 3. The predicted octanol–water partition coefficient (Wildman–Crippen LogP) is 2.11. The summed E-state index contributed by atoms with van der Waals surface area (Å²) in [6, 6.07) is 10.5. The molecule has 0 saturated carbocycles. The van der Waals surface area contributed by atoms with Crippen molar-refractivity contribution in [1.29, 1.82) is 0 Å². The fourth-order valence-electron chi connectivity index (χ4n) is 3.17. The van der Waals surface area contributed by atoms with Crippen LogP contribution in [0.2, 0.25) is 0 Å². The van der Waals surface area contributed by atoms with Gasteiger partial charge in [-0.1, -0.05) is 12.1 Å². The molecule has 1 aliphatic rings. The van der Waals surface area contributed by atoms with Gasteiger partial charge in [-0.2, -0.15) is 5.10 Å². The Labute approximate surface area is 137 Å². The maximum atomic E-state index is 11.6. The van der Waals surface area contributed by atoms with Gasteiger partial charge < -0.3 is 0 Å². The van der Waals surface area contributed by atoms with Crippen LogP contribution in [0.3, 0.4) is 0 Å². The molecule has 23 heavy (non-hydrogen) atoms. The van der Waals surface area contributed by atoms with E-state index in [0.717, 1.165) is 30.0 Å². The number of aromatic nitrogens is 2. The van der Waals surface area contributed by atoms with Crippen molar-refractivity contribution in [1.82, 2.24) is 14.7 Å². The molecule has 0 radical (unpaired) electrons. The van der Waals surface area contributed by atoms with Gasteiger partial charge in [-0.3, -0.25) is 4.90 Å². The van der Waals surface area contributed by atoms with Gasteiger partial charge in [0.05, 0.1) is 22.9 Å². The average Bonchev–Trinajstić information content (AvgIpc) is 3.01. The molecule has 0 unspecified atom stereocenters. The van der Waals surface area contributed by atoms with Crippen molar-refractivity contribution in [2.75, 3.05) is 18.6 Å². The van der Waals surface area contributed by atoms with Gasteiger partial charge in [-0.25, -0.2) is 13.1 Å². The minimum atomic E-state index is -2.83. The Kier molecular flexibility index (Phi) is 4.29. The highest BCUT2D eigenvalue weighted by molar-refractivity contribution is 7.91. The van der Waals surface area contributed by atoms with Crippen molar-refractivity contribution < 1.29 is 8.42 Å². The van der Waals surface area contributed by atoms with Gasteiger partial charge >= 0.3 is 0 Å². The maximum Gasteiger partial charge on any atom is 0.151 e. The van der Waals surface area contributed by atoms with Crippen LogP contribution in [0.15, 0.2) is 30.3 Å². The molecule has 0 bridgehead atoms. The first kappa shape index (κ1) is 16.2. The SMILES string of the molecule is Cc1cc(C)n(-c2ccc(CN(C)[C@H]3CCS(=O)(=O)C3)cc2)n1. The summed E-state index contributed by atoms with van der Waals surface area (Å²) < 4.78 is 25.1. The van der Waals surface area contributed by atoms with Gasteiger partial charge in [0.25, 0.3) is 0 Å². The highest BCUT2D eigenvalue weighted by Crippen LogP contribution is 2.19. The summed E-state index contributed by atoms with van der Waals surface area (Å²) in [5.41, 5.74) is 4.35. The summed E-state index contributed by atoms with van der Waals surface area (Å²) in [6.07, 6.45) is 0.739. The third kappa shape index (κ3) is 3.64. The summed E-state index contributed by atoms with van der Waals surface area (Å²) in [6.45, 7) is 4.79. The molecular formula is C17H23N3O2S. The van der Waals surface area contributed by atoms with Crippen molar-refractivity contribution in [3.05, 3.63) is 47.3 Å². The lowest BCUT2D eigenvalue weighted by Crippen LogP contribution is -2.32. The molecule has 0 N–H and O–H groups in total. The van der Waals surface area contributed by atoms with Crippen LogP contribution in [0.1, 0.15) is 23.4 Å². The molecule has 2 aromatic rings. The number of sulfone groups is 1. The van der Waals surface area contributed by atoms with Crippen LogP contribution < -0.4 is 0 Å². The molecule has 1 aliphatic heterocycles. The molecule has 0 spiro atoms. The van der Waals surface area contributed by atoms with E-state index in [2.05, 4.69) is 40.3 Å². The number of rotatable bonds is 4. The Morgan fingerprint density at radius 2 is 1.96 bits per heavy atom. The van der Waals surface area contributed by atoms with Gasteiger partial charge in [-0.05, 0) is 51.1 Å². The lowest BCUT2D eigenvalue weighted by Gasteiger charge is -2.23. The van der Waals surface area contributed by atoms with Crippen LogP contribution in [0.4, 0.5) is 0 Å². The van der Waals surface area contributed by atoms with Crippen molar-refractivity contribution in [2.24, 2.45) is 0 Å². The molecule has 2 heterocycles. The molecule has 1 aromatic heterocycles. The predicted molar refractivity (Wildman–Crippen MR) is 91.6 cm³/mol. The zero-order valence-corrected chi connectivity index (χ0v) is 14.7. The smallest absolute Gasteiger partial charge is 0.151 e. The van der Waals surface area contributed by atoms with Crippen molar-refractivity contribution in [2.45, 2.75) is 32.9 Å². The van der Waals surface area contributed by atoms with E-state index in [1.807, 2.05) is 25.6 Å². The zero-order chi connectivity index (χ0) is 16.6. The van der Waals surface area contributed by atoms with Gasteiger partial charge in [0, 0.05) is 18.3 Å². The van der Waals surface area contributed by atoms with Crippen molar-refractivity contribution in [3.63, 3.8) is 0 Å². The minimum Gasteiger partial charge on any atom is -0.298 e. The molecule has 5 nitrogen and oxygen atoms in total. The summed E-state index contributed by atoms with van der Waals surface area (Å²) in [7, 11) is -0.831. The lowest BCUT2D eigenvalue weighted by atomic mass is 10.1. The van der Waals surface area contributed by atoms with Gasteiger partial charge in [-0.15, -0.1) is 0 Å². The number of aryl methyl sites for hydroxylation is 2. The summed E-state index contributed by atoms with van der Waals surface area (Å²) in [5.74, 6) is 0.603. The molecule has 3 rings (SSSR count). The third-order valence-corrected chi connectivity index (χ3v) is 6.20. The number of benzene rings is 1. The minimum absolute atomic E-state index is 0.135. The summed E-state index contributed by atoms with van der Waals surface area (Å²) in [4.78, 5) is 2.14. The normalized spacial score (nSPS) is 20.3. The lowest BCUT2D eigenvalue weighted by molar-refractivity contribution is 0.254. The van der Waals surface area contributed by atoms with E-state index in [-0.39, 0.29) is 11.8 Å². The highest BCUT2D eigenvalue weighted by Gasteiger charge is 2.30. The standard InChI is InChI=1S/C17H23N3O2S/c1-13-10-14(2)20(18-13)16-6-4-15(5-7-16)11-19(3)17-8-9-23(21,22)12-17/h4-7,10,17H,8-9,11-12H2,1-3H3/t17-/m0/s1. The van der Waals surface area contributed by atoms with Crippen LogP contribution in [-0.4, -0.2) is 47.7 Å². The maximum absolute atomic E-state index is 11.6. The molecule has 0 aliphatic carbocycles. The van der Waals surface area contributed by atoms with E-state index in [1.165, 1.54) is 5.56 Å². The molecule has 1 aromatic carbocycles. The van der Waals surface area contributed by atoms with Crippen molar-refractivity contribution in [3.8, 4) is 5.69 Å². The number of hydrogen-bond donors (Lipinski definition) is 0. The van der Waals surface area contributed by atoms with E-state index >= 15 is 0 Å². The van der Waals surface area contributed by atoms with E-state index in [1.54, 1.807) is 0 Å². The average molecular weight is 333 g/mol. The molecule has 1 saturated heterocycles. The second kappa shape index (κ2) is 6.09. The van der Waals surface area contributed by atoms with Gasteiger partial charge in [0.15, 0.2) is 9.84 Å². The first-order valence-corrected chi connectivity index (χ1v) is 9.69. The van der Waals surface area contributed by atoms with E-state index in [4.69, 9.17) is 0 Å². The Balaban J connectivity index is 1.69. The Bertz CT molecular complexity index is 794. The number of hydrogen-bond acceptors (Lipinski definition) is 4. The van der Waals surface area contributed by atoms with E-state index in [9.17, 15) is 8.42 Å². The Morgan fingerprint density at radius 1 is 1.26 bits per heavy atom. The molecule has 1 atom stereocenters. The zero-order valence-electron chi connectivity index (χ0n) is 13.9. The Hall–Kier alpha value is -1.66. The topological polar surface area (TPSA) is 55.2 Å². The summed E-state index contributed by atoms with van der Waals surface area (Å²) >= 11 is 0. The van der Waals surface area contributed by atoms with Crippen LogP contribution >= 0.6 is 0 Å². The van der Waals surface area contributed by atoms with E-state index in [0.29, 0.717) is 5.75 Å². The van der Waals surface area contributed by atoms with E-state index < -0.39 is 9.84 Å². The van der Waals surface area contributed by atoms with Crippen LogP contribution in [0.5, 0.6) is 0 Å². The quantitative estimate of drug-likeness (QED) is 0.860. The molecule has 1 fully saturated rings. The summed E-state index contributed by atoms with van der Waals surface area (Å²) in [5, 5.41) is 4.49. The van der Waals surface area contributed by atoms with Crippen LogP contribution in [-0.2, 0) is 16.4 Å². The second-order valence-corrected chi connectivity index (χ2v) is 8.71.